The molecule has 0 spiro atoms. The topological polar surface area (TPSA) is 72.7 Å². The highest BCUT2D eigenvalue weighted by atomic mass is 35.5. The molecule has 0 unspecified atom stereocenters. The quantitative estimate of drug-likeness (QED) is 0.458. The maximum absolute atomic E-state index is 13.7. The fourth-order valence-corrected chi connectivity index (χ4v) is 3.52. The monoisotopic (exact) mass is 449 g/mol. The summed E-state index contributed by atoms with van der Waals surface area (Å²) in [5.74, 6) is -0.968. The van der Waals surface area contributed by atoms with Crippen molar-refractivity contribution in [3.05, 3.63) is 76.5 Å². The van der Waals surface area contributed by atoms with Gasteiger partial charge in [-0.3, -0.25) is 15.1 Å². The summed E-state index contributed by atoms with van der Waals surface area (Å²) in [6.07, 6.45) is -2.35. The Bertz CT molecular complexity index is 1190. The van der Waals surface area contributed by atoms with Crippen molar-refractivity contribution in [3.63, 3.8) is 0 Å². The molecule has 11 heteroatoms. The Morgan fingerprint density at radius 2 is 1.87 bits per heavy atom. The Hall–Kier alpha value is -3.24. The van der Waals surface area contributed by atoms with Crippen LogP contribution in [-0.4, -0.2) is 25.7 Å². The van der Waals surface area contributed by atoms with Crippen LogP contribution in [0.2, 0.25) is 5.02 Å². The number of anilines is 1. The number of halogens is 4. The van der Waals surface area contributed by atoms with Gasteiger partial charge in [0, 0.05) is 16.6 Å². The second-order valence-electron chi connectivity index (χ2n) is 6.00. The Morgan fingerprint density at radius 3 is 2.53 bits per heavy atom. The molecule has 0 saturated carbocycles. The van der Waals surface area contributed by atoms with Crippen LogP contribution in [0.15, 0.2) is 60.2 Å². The van der Waals surface area contributed by atoms with Gasteiger partial charge in [-0.25, -0.2) is 9.67 Å². The van der Waals surface area contributed by atoms with E-state index in [1.165, 1.54) is 24.3 Å². The molecule has 0 fully saturated rings. The summed E-state index contributed by atoms with van der Waals surface area (Å²) < 4.78 is 41.9. The van der Waals surface area contributed by atoms with Gasteiger partial charge in [0.25, 0.3) is 5.91 Å². The van der Waals surface area contributed by atoms with Gasteiger partial charge in [0.05, 0.1) is 23.1 Å². The molecule has 152 valence electrons. The van der Waals surface area contributed by atoms with E-state index in [4.69, 9.17) is 11.6 Å². The second kappa shape index (κ2) is 7.88. The van der Waals surface area contributed by atoms with E-state index in [1.54, 1.807) is 29.8 Å². The van der Waals surface area contributed by atoms with Crippen LogP contribution in [-0.2, 0) is 6.18 Å². The predicted molar refractivity (Wildman–Crippen MR) is 107 cm³/mol. The van der Waals surface area contributed by atoms with Gasteiger partial charge in [0.1, 0.15) is 5.69 Å². The van der Waals surface area contributed by atoms with Gasteiger partial charge in [0.15, 0.2) is 10.8 Å². The summed E-state index contributed by atoms with van der Waals surface area (Å²) in [6, 6.07) is 10.9. The molecule has 30 heavy (non-hydrogen) atoms. The number of nitrogens with one attached hydrogen (secondary N) is 1. The molecule has 0 saturated heterocycles. The van der Waals surface area contributed by atoms with Crippen LogP contribution in [0.3, 0.4) is 0 Å². The van der Waals surface area contributed by atoms with Crippen LogP contribution >= 0.6 is 22.9 Å². The fourth-order valence-electron chi connectivity index (χ4n) is 2.69. The lowest BCUT2D eigenvalue weighted by Crippen LogP contribution is -2.20. The van der Waals surface area contributed by atoms with Crippen LogP contribution in [0.5, 0.6) is 0 Å². The smallest absolute Gasteiger partial charge is 0.298 e. The SMILES string of the molecule is O=C(Nc1nc(-c2ccccn2)cs1)c1cnn(-c2ccc(Cl)cc2)c1C(F)(F)F. The molecule has 0 atom stereocenters. The number of amides is 1. The molecule has 1 N–H and O–H groups in total. The van der Waals surface area contributed by atoms with E-state index < -0.39 is 23.3 Å². The maximum Gasteiger partial charge on any atom is 0.434 e. The lowest BCUT2D eigenvalue weighted by molar-refractivity contribution is -0.143. The number of nitrogens with zero attached hydrogens (tertiary/aromatic N) is 4. The minimum Gasteiger partial charge on any atom is -0.298 e. The highest BCUT2D eigenvalue weighted by Crippen LogP contribution is 2.34. The maximum atomic E-state index is 13.7. The highest BCUT2D eigenvalue weighted by Gasteiger charge is 2.40. The Labute approximate surface area is 177 Å². The van der Waals surface area contributed by atoms with Crippen molar-refractivity contribution in [2.75, 3.05) is 5.32 Å². The second-order valence-corrected chi connectivity index (χ2v) is 7.29. The number of aromatic nitrogens is 4. The zero-order chi connectivity index (χ0) is 21.3. The third-order valence-electron chi connectivity index (χ3n) is 4.01. The molecule has 3 aromatic heterocycles. The predicted octanol–water partition coefficient (Wildman–Crippen LogP) is 5.32. The first-order valence-corrected chi connectivity index (χ1v) is 9.68. The summed E-state index contributed by atoms with van der Waals surface area (Å²) in [6.45, 7) is 0. The zero-order valence-electron chi connectivity index (χ0n) is 14.9. The minimum absolute atomic E-state index is 0.123. The van der Waals surface area contributed by atoms with E-state index in [9.17, 15) is 18.0 Å². The lowest BCUT2D eigenvalue weighted by Gasteiger charge is -2.12. The standard InChI is InChI=1S/C19H11ClF3N5OS/c20-11-4-6-12(7-5-11)28-16(19(21,22)23)13(9-25-28)17(29)27-18-26-15(10-30-18)14-3-1-2-8-24-14/h1-10H,(H,26,27,29). The molecule has 4 aromatic rings. The van der Waals surface area contributed by atoms with Crippen molar-refractivity contribution in [3.8, 4) is 17.1 Å². The van der Waals surface area contributed by atoms with Crippen molar-refractivity contribution in [1.29, 1.82) is 0 Å². The third kappa shape index (κ3) is 4.05. The number of alkyl halides is 3. The lowest BCUT2D eigenvalue weighted by atomic mass is 10.2. The summed E-state index contributed by atoms with van der Waals surface area (Å²) in [4.78, 5) is 21.0. The summed E-state index contributed by atoms with van der Waals surface area (Å²) in [5, 5.41) is 8.33. The average molecular weight is 450 g/mol. The largest absolute Gasteiger partial charge is 0.434 e. The molecule has 1 amide bonds. The minimum atomic E-state index is -4.81. The number of hydrogen-bond donors (Lipinski definition) is 1. The number of benzene rings is 1. The Morgan fingerprint density at radius 1 is 1.10 bits per heavy atom. The molecule has 0 bridgehead atoms. The van der Waals surface area contributed by atoms with Crippen LogP contribution in [0.1, 0.15) is 16.1 Å². The molecule has 0 radical (unpaired) electrons. The van der Waals surface area contributed by atoms with E-state index in [1.807, 2.05) is 0 Å². The number of hydrogen-bond acceptors (Lipinski definition) is 5. The van der Waals surface area contributed by atoms with Gasteiger partial charge in [-0.05, 0) is 36.4 Å². The van der Waals surface area contributed by atoms with E-state index >= 15 is 0 Å². The number of rotatable bonds is 4. The molecule has 6 nitrogen and oxygen atoms in total. The summed E-state index contributed by atoms with van der Waals surface area (Å²) >= 11 is 6.87. The van der Waals surface area contributed by atoms with Gasteiger partial charge in [-0.1, -0.05) is 17.7 Å². The van der Waals surface area contributed by atoms with Crippen molar-refractivity contribution in [2.24, 2.45) is 0 Å². The molecule has 0 aliphatic rings. The van der Waals surface area contributed by atoms with Crippen LogP contribution < -0.4 is 5.32 Å². The fraction of sp³-hybridized carbons (Fsp3) is 0.0526. The van der Waals surface area contributed by atoms with Crippen molar-refractivity contribution < 1.29 is 18.0 Å². The number of carbonyl (C=O) groups is 1. The number of carbonyl (C=O) groups excluding carboxylic acids is 1. The van der Waals surface area contributed by atoms with Crippen molar-refractivity contribution >= 4 is 34.0 Å². The van der Waals surface area contributed by atoms with Gasteiger partial charge >= 0.3 is 6.18 Å². The average Bonchev–Trinajstić information content (AvgIpc) is 3.36. The first-order valence-electron chi connectivity index (χ1n) is 8.42. The third-order valence-corrected chi connectivity index (χ3v) is 5.02. The van der Waals surface area contributed by atoms with Gasteiger partial charge in [0.2, 0.25) is 0 Å². The van der Waals surface area contributed by atoms with Gasteiger partial charge < -0.3 is 0 Å². The molecule has 3 heterocycles. The summed E-state index contributed by atoms with van der Waals surface area (Å²) in [5.41, 5.74) is -0.599. The van der Waals surface area contributed by atoms with Crippen molar-refractivity contribution in [2.45, 2.75) is 6.18 Å². The van der Waals surface area contributed by atoms with Crippen LogP contribution in [0, 0.1) is 0 Å². The molecule has 4 rings (SSSR count). The van der Waals surface area contributed by atoms with Gasteiger partial charge in [-0.15, -0.1) is 11.3 Å². The molecule has 1 aromatic carbocycles. The first kappa shape index (κ1) is 20.0. The van der Waals surface area contributed by atoms with Gasteiger partial charge in [-0.2, -0.15) is 18.3 Å². The number of pyridine rings is 1. The molecular weight excluding hydrogens is 439 g/mol. The van der Waals surface area contributed by atoms with E-state index in [-0.39, 0.29) is 10.8 Å². The summed E-state index contributed by atoms with van der Waals surface area (Å²) in [7, 11) is 0. The molecular formula is C19H11ClF3N5OS. The molecule has 0 aliphatic carbocycles. The first-order chi connectivity index (χ1) is 14.3. The van der Waals surface area contributed by atoms with Crippen molar-refractivity contribution in [1.82, 2.24) is 19.7 Å². The zero-order valence-corrected chi connectivity index (χ0v) is 16.5. The molecule has 0 aliphatic heterocycles. The van der Waals surface area contributed by atoms with E-state index in [0.717, 1.165) is 17.5 Å². The van der Waals surface area contributed by atoms with E-state index in [2.05, 4.69) is 20.4 Å². The highest BCUT2D eigenvalue weighted by molar-refractivity contribution is 7.14. The number of thiazole rings is 1. The Balaban J connectivity index is 1.65. The van der Waals surface area contributed by atoms with Crippen LogP contribution in [0.4, 0.5) is 18.3 Å². The normalized spacial score (nSPS) is 11.5. The van der Waals surface area contributed by atoms with E-state index in [0.29, 0.717) is 21.1 Å². The Kier molecular flexibility index (Phi) is 5.27. The van der Waals surface area contributed by atoms with Crippen LogP contribution in [0.25, 0.3) is 17.1 Å².